The fourth-order valence-electron chi connectivity index (χ4n) is 3.00. The van der Waals surface area contributed by atoms with Crippen LogP contribution >= 0.6 is 0 Å². The van der Waals surface area contributed by atoms with Gasteiger partial charge in [0, 0.05) is 11.6 Å². The van der Waals surface area contributed by atoms with Crippen molar-refractivity contribution in [2.75, 3.05) is 0 Å². The minimum absolute atomic E-state index is 0.0969. The fourth-order valence-corrected chi connectivity index (χ4v) is 3.00. The molecule has 1 fully saturated rings. The van der Waals surface area contributed by atoms with Crippen LogP contribution in [0.3, 0.4) is 0 Å². The first kappa shape index (κ1) is 16.4. The summed E-state index contributed by atoms with van der Waals surface area (Å²) in [5, 5.41) is 0.517. The van der Waals surface area contributed by atoms with Crippen molar-refractivity contribution >= 4 is 16.8 Å². The van der Waals surface area contributed by atoms with Gasteiger partial charge in [-0.15, -0.1) is 0 Å². The highest BCUT2D eigenvalue weighted by Crippen LogP contribution is 2.33. The summed E-state index contributed by atoms with van der Waals surface area (Å²) in [4.78, 5) is 15.7. The normalized spacial score (nSPS) is 15.6. The molecule has 24 heavy (non-hydrogen) atoms. The Labute approximate surface area is 137 Å². The molecule has 5 nitrogen and oxygen atoms in total. The van der Waals surface area contributed by atoms with Crippen molar-refractivity contribution in [3.8, 4) is 11.5 Å². The number of pyridine rings is 1. The molecule has 0 aliphatic heterocycles. The first-order chi connectivity index (χ1) is 11.5. The van der Waals surface area contributed by atoms with Crippen LogP contribution in [0.1, 0.15) is 42.5 Å². The summed E-state index contributed by atoms with van der Waals surface area (Å²) in [6.45, 7) is -3.06. The van der Waals surface area contributed by atoms with Gasteiger partial charge >= 0.3 is 6.61 Å². The van der Waals surface area contributed by atoms with E-state index in [1.165, 1.54) is 18.6 Å². The van der Waals surface area contributed by atoms with Gasteiger partial charge in [0.15, 0.2) is 0 Å². The zero-order valence-corrected chi connectivity index (χ0v) is 13.0. The zero-order chi connectivity index (χ0) is 17.1. The van der Waals surface area contributed by atoms with E-state index in [0.29, 0.717) is 16.7 Å². The van der Waals surface area contributed by atoms with E-state index in [1.54, 1.807) is 12.3 Å². The number of alkyl halides is 2. The SMILES string of the molecule is NC(=O)c1cc2nccc(OC3CCCCC3)c2cc1OC(F)F. The number of aromatic nitrogens is 1. The van der Waals surface area contributed by atoms with Crippen molar-refractivity contribution in [1.29, 1.82) is 0 Å². The lowest BCUT2D eigenvalue weighted by Gasteiger charge is -2.23. The Balaban J connectivity index is 2.02. The van der Waals surface area contributed by atoms with Gasteiger partial charge in [-0.1, -0.05) is 6.42 Å². The molecule has 0 radical (unpaired) electrons. The molecule has 3 rings (SSSR count). The van der Waals surface area contributed by atoms with Crippen LogP contribution in [0, 0.1) is 0 Å². The molecule has 1 aliphatic rings. The zero-order valence-electron chi connectivity index (χ0n) is 13.0. The van der Waals surface area contributed by atoms with Crippen molar-refractivity contribution in [2.24, 2.45) is 5.73 Å². The van der Waals surface area contributed by atoms with Crippen LogP contribution in [-0.4, -0.2) is 23.6 Å². The lowest BCUT2D eigenvalue weighted by Crippen LogP contribution is -2.20. The van der Waals surface area contributed by atoms with Gasteiger partial charge in [0.2, 0.25) is 0 Å². The van der Waals surface area contributed by atoms with E-state index in [9.17, 15) is 13.6 Å². The monoisotopic (exact) mass is 336 g/mol. The minimum atomic E-state index is -3.06. The van der Waals surface area contributed by atoms with Crippen LogP contribution in [0.4, 0.5) is 8.78 Å². The number of nitrogens with zero attached hydrogens (tertiary/aromatic N) is 1. The summed E-state index contributed by atoms with van der Waals surface area (Å²) in [5.41, 5.74) is 5.56. The van der Waals surface area contributed by atoms with Gasteiger partial charge in [0.05, 0.1) is 17.2 Å². The molecule has 0 spiro atoms. The van der Waals surface area contributed by atoms with E-state index in [0.717, 1.165) is 25.7 Å². The number of ether oxygens (including phenoxy) is 2. The smallest absolute Gasteiger partial charge is 0.387 e. The van der Waals surface area contributed by atoms with Gasteiger partial charge < -0.3 is 15.2 Å². The quantitative estimate of drug-likeness (QED) is 0.904. The number of fused-ring (bicyclic) bond motifs is 1. The van der Waals surface area contributed by atoms with Crippen LogP contribution < -0.4 is 15.2 Å². The number of carbonyl (C=O) groups is 1. The van der Waals surface area contributed by atoms with E-state index in [1.807, 2.05) is 0 Å². The van der Waals surface area contributed by atoms with Crippen molar-refractivity contribution < 1.29 is 23.0 Å². The Morgan fingerprint density at radius 1 is 1.21 bits per heavy atom. The predicted molar refractivity (Wildman–Crippen MR) is 84.4 cm³/mol. The molecule has 0 bridgehead atoms. The second-order valence-electron chi connectivity index (χ2n) is 5.80. The maximum Gasteiger partial charge on any atom is 0.387 e. The first-order valence-corrected chi connectivity index (χ1v) is 7.88. The van der Waals surface area contributed by atoms with E-state index in [-0.39, 0.29) is 17.4 Å². The van der Waals surface area contributed by atoms with Crippen molar-refractivity contribution in [3.05, 3.63) is 30.0 Å². The average molecular weight is 336 g/mol. The minimum Gasteiger partial charge on any atom is -0.490 e. The topological polar surface area (TPSA) is 74.4 Å². The summed E-state index contributed by atoms with van der Waals surface area (Å²) < 4.78 is 35.7. The van der Waals surface area contributed by atoms with Crippen LogP contribution in [-0.2, 0) is 0 Å². The van der Waals surface area contributed by atoms with Crippen LogP contribution in [0.2, 0.25) is 0 Å². The molecule has 0 unspecified atom stereocenters. The number of hydrogen-bond donors (Lipinski definition) is 1. The molecule has 2 N–H and O–H groups in total. The molecule has 0 saturated heterocycles. The Hall–Kier alpha value is -2.44. The Kier molecular flexibility index (Phi) is 4.78. The molecule has 1 amide bonds. The molecule has 7 heteroatoms. The second-order valence-corrected chi connectivity index (χ2v) is 5.80. The highest BCUT2D eigenvalue weighted by molar-refractivity contribution is 6.01. The van der Waals surface area contributed by atoms with E-state index in [4.69, 9.17) is 10.5 Å². The number of amides is 1. The maximum absolute atomic E-state index is 12.6. The third-order valence-electron chi connectivity index (χ3n) is 4.13. The average Bonchev–Trinajstić information content (AvgIpc) is 2.55. The molecule has 2 aromatic rings. The van der Waals surface area contributed by atoms with Gasteiger partial charge in [-0.2, -0.15) is 8.78 Å². The summed E-state index contributed by atoms with van der Waals surface area (Å²) in [5.74, 6) is -0.582. The third-order valence-corrected chi connectivity index (χ3v) is 4.13. The largest absolute Gasteiger partial charge is 0.490 e. The summed E-state index contributed by atoms with van der Waals surface area (Å²) in [7, 11) is 0. The number of carbonyl (C=O) groups excluding carboxylic acids is 1. The number of primary amides is 1. The molecule has 0 atom stereocenters. The molecular formula is C17H18F2N2O3. The molecule has 128 valence electrons. The van der Waals surface area contributed by atoms with Crippen LogP contribution in [0.5, 0.6) is 11.5 Å². The Morgan fingerprint density at radius 2 is 1.96 bits per heavy atom. The van der Waals surface area contributed by atoms with Crippen molar-refractivity contribution in [2.45, 2.75) is 44.8 Å². The third kappa shape index (κ3) is 3.55. The number of halogens is 2. The van der Waals surface area contributed by atoms with E-state index < -0.39 is 12.5 Å². The molecule has 1 saturated carbocycles. The van der Waals surface area contributed by atoms with E-state index >= 15 is 0 Å². The molecule has 1 aromatic heterocycles. The summed E-state index contributed by atoms with van der Waals surface area (Å²) in [6, 6.07) is 4.38. The second kappa shape index (κ2) is 6.98. The lowest BCUT2D eigenvalue weighted by molar-refractivity contribution is -0.0500. The van der Waals surface area contributed by atoms with Gasteiger partial charge in [-0.05, 0) is 43.9 Å². The fraction of sp³-hybridized carbons (Fsp3) is 0.412. The summed E-state index contributed by atoms with van der Waals surface area (Å²) in [6.07, 6.45) is 7.00. The standard InChI is InChI=1S/C17H18F2N2O3/c18-17(19)24-15-9-11-13(8-12(15)16(20)22)21-7-6-14(11)23-10-4-2-1-3-5-10/h6-10,17H,1-5H2,(H2,20,22). The van der Waals surface area contributed by atoms with Gasteiger partial charge in [0.25, 0.3) is 5.91 Å². The van der Waals surface area contributed by atoms with E-state index in [2.05, 4.69) is 9.72 Å². The highest BCUT2D eigenvalue weighted by Gasteiger charge is 2.20. The van der Waals surface area contributed by atoms with Gasteiger partial charge in [-0.25, -0.2) is 0 Å². The lowest BCUT2D eigenvalue weighted by atomic mass is 9.97. The maximum atomic E-state index is 12.6. The molecule has 1 aromatic carbocycles. The van der Waals surface area contributed by atoms with Crippen molar-refractivity contribution in [1.82, 2.24) is 4.98 Å². The van der Waals surface area contributed by atoms with Crippen LogP contribution in [0.25, 0.3) is 10.9 Å². The highest BCUT2D eigenvalue weighted by atomic mass is 19.3. The number of hydrogen-bond acceptors (Lipinski definition) is 4. The molecular weight excluding hydrogens is 318 g/mol. The molecule has 1 aliphatic carbocycles. The number of benzene rings is 1. The first-order valence-electron chi connectivity index (χ1n) is 7.88. The van der Waals surface area contributed by atoms with Gasteiger partial charge in [-0.3, -0.25) is 9.78 Å². The Bertz CT molecular complexity index is 746. The Morgan fingerprint density at radius 3 is 2.62 bits per heavy atom. The van der Waals surface area contributed by atoms with Crippen LogP contribution in [0.15, 0.2) is 24.4 Å². The predicted octanol–water partition coefficient (Wildman–Crippen LogP) is 3.65. The summed E-state index contributed by atoms with van der Waals surface area (Å²) >= 11 is 0. The number of nitrogens with two attached hydrogens (primary N) is 1. The van der Waals surface area contributed by atoms with Gasteiger partial charge in [0.1, 0.15) is 11.5 Å². The molecule has 1 heterocycles. The van der Waals surface area contributed by atoms with Crippen molar-refractivity contribution in [3.63, 3.8) is 0 Å². The number of rotatable bonds is 5.